The molecular formula is C11H19N3O5. The van der Waals surface area contributed by atoms with Crippen molar-refractivity contribution in [1.29, 1.82) is 0 Å². The molecule has 0 spiro atoms. The summed E-state index contributed by atoms with van der Waals surface area (Å²) in [6.45, 7) is 1.54. The van der Waals surface area contributed by atoms with Gasteiger partial charge in [-0.15, -0.1) is 0 Å². The lowest BCUT2D eigenvalue weighted by Crippen LogP contribution is -2.47. The Morgan fingerprint density at radius 1 is 1.37 bits per heavy atom. The second kappa shape index (κ2) is 6.93. The van der Waals surface area contributed by atoms with E-state index in [9.17, 15) is 14.4 Å². The van der Waals surface area contributed by atoms with Crippen molar-refractivity contribution in [2.75, 3.05) is 19.6 Å². The van der Waals surface area contributed by atoms with Crippen LogP contribution < -0.4 is 11.1 Å². The number of urea groups is 1. The molecule has 0 saturated carbocycles. The molecule has 1 aliphatic heterocycles. The number of rotatable bonds is 6. The quantitative estimate of drug-likeness (QED) is 0.505. The van der Waals surface area contributed by atoms with Crippen molar-refractivity contribution in [3.8, 4) is 0 Å². The Balaban J connectivity index is 2.47. The predicted octanol–water partition coefficient (Wildman–Crippen LogP) is -0.705. The summed E-state index contributed by atoms with van der Waals surface area (Å²) in [4.78, 5) is 34.7. The SMILES string of the molecule is NCC1CCN(C(=O)N[C@@H](CCC(=O)O)C(=O)O)C1. The van der Waals surface area contributed by atoms with Crippen LogP contribution in [0.1, 0.15) is 19.3 Å². The second-order valence-electron chi connectivity index (χ2n) is 4.61. The molecule has 8 heteroatoms. The molecule has 0 aliphatic carbocycles. The summed E-state index contributed by atoms with van der Waals surface area (Å²) in [5, 5.41) is 19.8. The zero-order valence-corrected chi connectivity index (χ0v) is 10.5. The number of carbonyl (C=O) groups is 3. The fourth-order valence-electron chi connectivity index (χ4n) is 1.98. The van der Waals surface area contributed by atoms with Gasteiger partial charge in [-0.05, 0) is 25.3 Å². The zero-order valence-electron chi connectivity index (χ0n) is 10.5. The second-order valence-corrected chi connectivity index (χ2v) is 4.61. The first-order chi connectivity index (χ1) is 8.93. The van der Waals surface area contributed by atoms with E-state index in [1.54, 1.807) is 0 Å². The van der Waals surface area contributed by atoms with Crippen molar-refractivity contribution in [1.82, 2.24) is 10.2 Å². The molecule has 0 aromatic carbocycles. The van der Waals surface area contributed by atoms with E-state index in [1.807, 2.05) is 0 Å². The lowest BCUT2D eigenvalue weighted by atomic mass is 10.1. The Labute approximate surface area is 110 Å². The van der Waals surface area contributed by atoms with Crippen LogP contribution in [0.15, 0.2) is 0 Å². The third-order valence-corrected chi connectivity index (χ3v) is 3.15. The Bertz CT molecular complexity index is 360. The van der Waals surface area contributed by atoms with Gasteiger partial charge in [0, 0.05) is 19.5 Å². The van der Waals surface area contributed by atoms with Crippen molar-refractivity contribution >= 4 is 18.0 Å². The van der Waals surface area contributed by atoms with Crippen molar-refractivity contribution in [2.45, 2.75) is 25.3 Å². The molecule has 2 atom stereocenters. The van der Waals surface area contributed by atoms with Crippen molar-refractivity contribution in [3.63, 3.8) is 0 Å². The molecule has 0 aromatic heterocycles. The van der Waals surface area contributed by atoms with Crippen LogP contribution in [-0.2, 0) is 9.59 Å². The highest BCUT2D eigenvalue weighted by Gasteiger charge is 2.28. The van der Waals surface area contributed by atoms with Gasteiger partial charge in [0.1, 0.15) is 6.04 Å². The van der Waals surface area contributed by atoms with Gasteiger partial charge in [-0.1, -0.05) is 0 Å². The largest absolute Gasteiger partial charge is 0.481 e. The van der Waals surface area contributed by atoms with Crippen LogP contribution in [0.25, 0.3) is 0 Å². The maximum Gasteiger partial charge on any atom is 0.326 e. The van der Waals surface area contributed by atoms with Gasteiger partial charge in [0.2, 0.25) is 0 Å². The van der Waals surface area contributed by atoms with Crippen molar-refractivity contribution in [2.24, 2.45) is 11.7 Å². The van der Waals surface area contributed by atoms with Crippen LogP contribution >= 0.6 is 0 Å². The Morgan fingerprint density at radius 3 is 2.53 bits per heavy atom. The number of aliphatic carboxylic acids is 2. The average molecular weight is 273 g/mol. The van der Waals surface area contributed by atoms with Gasteiger partial charge in [0.25, 0.3) is 0 Å². The van der Waals surface area contributed by atoms with Crippen LogP contribution in [0.2, 0.25) is 0 Å². The normalized spacial score (nSPS) is 20.1. The summed E-state index contributed by atoms with van der Waals surface area (Å²) in [6.07, 6.45) is 0.365. The Morgan fingerprint density at radius 2 is 2.05 bits per heavy atom. The molecule has 1 unspecified atom stereocenters. The first-order valence-corrected chi connectivity index (χ1v) is 6.14. The molecule has 8 nitrogen and oxygen atoms in total. The number of nitrogens with zero attached hydrogens (tertiary/aromatic N) is 1. The maximum atomic E-state index is 11.8. The molecule has 1 rings (SSSR count). The van der Waals surface area contributed by atoms with E-state index >= 15 is 0 Å². The summed E-state index contributed by atoms with van der Waals surface area (Å²) in [5.41, 5.74) is 5.51. The van der Waals surface area contributed by atoms with Crippen LogP contribution in [0.4, 0.5) is 4.79 Å². The molecule has 108 valence electrons. The van der Waals surface area contributed by atoms with E-state index < -0.39 is 24.0 Å². The van der Waals surface area contributed by atoms with E-state index in [0.29, 0.717) is 19.6 Å². The van der Waals surface area contributed by atoms with Crippen LogP contribution in [0, 0.1) is 5.92 Å². The number of carboxylic acids is 2. The number of hydrogen-bond donors (Lipinski definition) is 4. The Hall–Kier alpha value is -1.83. The summed E-state index contributed by atoms with van der Waals surface area (Å²) in [6, 6.07) is -1.66. The summed E-state index contributed by atoms with van der Waals surface area (Å²) < 4.78 is 0. The maximum absolute atomic E-state index is 11.8. The molecule has 0 bridgehead atoms. The fraction of sp³-hybridized carbons (Fsp3) is 0.727. The molecule has 1 aliphatic rings. The minimum Gasteiger partial charge on any atom is -0.481 e. The molecule has 19 heavy (non-hydrogen) atoms. The molecule has 5 N–H and O–H groups in total. The number of nitrogens with one attached hydrogen (secondary N) is 1. The summed E-state index contributed by atoms with van der Waals surface area (Å²) in [5.74, 6) is -2.08. The number of hydrogen-bond acceptors (Lipinski definition) is 4. The minimum absolute atomic E-state index is 0.134. The third kappa shape index (κ3) is 4.74. The number of amides is 2. The van der Waals surface area contributed by atoms with Gasteiger partial charge >= 0.3 is 18.0 Å². The molecule has 2 amide bonds. The monoisotopic (exact) mass is 273 g/mol. The first kappa shape index (κ1) is 15.2. The van der Waals surface area contributed by atoms with Crippen LogP contribution in [-0.4, -0.2) is 58.8 Å². The van der Waals surface area contributed by atoms with E-state index in [0.717, 1.165) is 6.42 Å². The first-order valence-electron chi connectivity index (χ1n) is 6.14. The lowest BCUT2D eigenvalue weighted by molar-refractivity contribution is -0.140. The molecular weight excluding hydrogens is 254 g/mol. The van der Waals surface area contributed by atoms with Crippen molar-refractivity contribution < 1.29 is 24.6 Å². The third-order valence-electron chi connectivity index (χ3n) is 3.15. The molecule has 0 aromatic rings. The van der Waals surface area contributed by atoms with Gasteiger partial charge in [-0.3, -0.25) is 4.79 Å². The lowest BCUT2D eigenvalue weighted by Gasteiger charge is -2.20. The molecule has 1 saturated heterocycles. The van der Waals surface area contributed by atoms with E-state index in [2.05, 4.69) is 5.32 Å². The highest BCUT2D eigenvalue weighted by molar-refractivity contribution is 5.83. The molecule has 1 heterocycles. The van der Waals surface area contributed by atoms with Crippen molar-refractivity contribution in [3.05, 3.63) is 0 Å². The number of carboxylic acid groups (broad SMARTS) is 2. The standard InChI is InChI=1S/C11H19N3O5/c12-5-7-3-4-14(6-7)11(19)13-8(10(17)18)1-2-9(15)16/h7-8H,1-6,12H2,(H,13,19)(H,15,16)(H,17,18)/t7?,8-/m0/s1. The van der Waals surface area contributed by atoms with Gasteiger partial charge < -0.3 is 26.2 Å². The van der Waals surface area contributed by atoms with Gasteiger partial charge in [-0.25, -0.2) is 9.59 Å². The highest BCUT2D eigenvalue weighted by atomic mass is 16.4. The number of likely N-dealkylation sites (tertiary alicyclic amines) is 1. The zero-order chi connectivity index (χ0) is 14.4. The topological polar surface area (TPSA) is 133 Å². The molecule has 1 fully saturated rings. The van der Waals surface area contributed by atoms with Gasteiger partial charge in [0.15, 0.2) is 0 Å². The highest BCUT2D eigenvalue weighted by Crippen LogP contribution is 2.14. The summed E-state index contributed by atoms with van der Waals surface area (Å²) >= 11 is 0. The fourth-order valence-corrected chi connectivity index (χ4v) is 1.98. The smallest absolute Gasteiger partial charge is 0.326 e. The summed E-state index contributed by atoms with van der Waals surface area (Å²) in [7, 11) is 0. The number of carbonyl (C=O) groups excluding carboxylic acids is 1. The number of nitrogens with two attached hydrogens (primary N) is 1. The average Bonchev–Trinajstić information content (AvgIpc) is 2.82. The van der Waals surface area contributed by atoms with Gasteiger partial charge in [0.05, 0.1) is 0 Å². The Kier molecular flexibility index (Phi) is 5.56. The van der Waals surface area contributed by atoms with E-state index in [4.69, 9.17) is 15.9 Å². The van der Waals surface area contributed by atoms with Crippen LogP contribution in [0.5, 0.6) is 0 Å². The van der Waals surface area contributed by atoms with E-state index in [1.165, 1.54) is 4.90 Å². The predicted molar refractivity (Wildman–Crippen MR) is 65.6 cm³/mol. The molecule has 0 radical (unpaired) electrons. The van der Waals surface area contributed by atoms with Gasteiger partial charge in [-0.2, -0.15) is 0 Å². The minimum atomic E-state index is -1.23. The van der Waals surface area contributed by atoms with Crippen LogP contribution in [0.3, 0.4) is 0 Å². The van der Waals surface area contributed by atoms with E-state index in [-0.39, 0.29) is 18.8 Å².